The molecule has 0 spiro atoms. The van der Waals surface area contributed by atoms with Crippen LogP contribution < -0.4 is 4.74 Å². The number of methoxy groups -OCH3 is 2. The van der Waals surface area contributed by atoms with Gasteiger partial charge in [0.2, 0.25) is 0 Å². The zero-order valence-electron chi connectivity index (χ0n) is 13.9. The van der Waals surface area contributed by atoms with E-state index < -0.39 is 37.4 Å². The van der Waals surface area contributed by atoms with Crippen molar-refractivity contribution in [2.45, 2.75) is 29.8 Å². The number of hydrogen-bond donors (Lipinski definition) is 0. The van der Waals surface area contributed by atoms with Crippen molar-refractivity contribution in [1.82, 2.24) is 0 Å². The lowest BCUT2D eigenvalue weighted by Crippen LogP contribution is -2.55. The summed E-state index contributed by atoms with van der Waals surface area (Å²) in [5.41, 5.74) is -2.22. The van der Waals surface area contributed by atoms with E-state index in [9.17, 15) is 22.8 Å². The zero-order chi connectivity index (χ0) is 19.9. The molecule has 1 heterocycles. The molecular weight excluding hydrogens is 456 g/mol. The molecule has 0 bridgehead atoms. The minimum Gasteiger partial charge on any atom is -0.466 e. The molecule has 0 radical (unpaired) electrons. The number of carbonyl (C=O) groups excluding carboxylic acids is 3. The van der Waals surface area contributed by atoms with Gasteiger partial charge in [-0.1, -0.05) is 15.9 Å². The normalized spacial score (nSPS) is 17.8. The first-order valence-electron chi connectivity index (χ1n) is 7.12. The van der Waals surface area contributed by atoms with Gasteiger partial charge in [0.05, 0.1) is 20.1 Å². The van der Waals surface area contributed by atoms with Gasteiger partial charge in [0.1, 0.15) is 16.4 Å². The molecule has 26 heavy (non-hydrogen) atoms. The molecule has 2 rings (SSSR count). The summed E-state index contributed by atoms with van der Waals surface area (Å²) < 4.78 is 39.1. The lowest BCUT2D eigenvalue weighted by atomic mass is 9.80. The Balaban J connectivity index is 2.86. The van der Waals surface area contributed by atoms with Crippen LogP contribution in [-0.2, 0) is 32.9 Å². The number of halogens is 2. The van der Waals surface area contributed by atoms with Crippen molar-refractivity contribution in [1.29, 1.82) is 0 Å². The largest absolute Gasteiger partial charge is 0.466 e. The van der Waals surface area contributed by atoms with Gasteiger partial charge in [0.25, 0.3) is 9.05 Å². The molecule has 1 atom stereocenters. The van der Waals surface area contributed by atoms with Gasteiger partial charge in [-0.15, -0.1) is 0 Å². The second-order valence-electron chi connectivity index (χ2n) is 5.54. The Bertz CT molecular complexity index is 879. The Hall–Kier alpha value is -1.65. The molecule has 0 aromatic heterocycles. The average molecular weight is 470 g/mol. The topological polar surface area (TPSA) is 113 Å². The fourth-order valence-corrected chi connectivity index (χ4v) is 4.50. The van der Waals surface area contributed by atoms with E-state index in [1.54, 1.807) is 0 Å². The predicted octanol–water partition coefficient (Wildman–Crippen LogP) is 1.92. The summed E-state index contributed by atoms with van der Waals surface area (Å²) in [6.45, 7) is 1.26. The maximum absolute atomic E-state index is 12.5. The van der Waals surface area contributed by atoms with Crippen molar-refractivity contribution in [3.63, 3.8) is 0 Å². The Morgan fingerprint density at radius 3 is 2.19 bits per heavy atom. The molecule has 0 amide bonds. The first-order valence-corrected chi connectivity index (χ1v) is 10.2. The third-order valence-electron chi connectivity index (χ3n) is 3.91. The number of esters is 2. The summed E-state index contributed by atoms with van der Waals surface area (Å²) >= 11 is 3.15. The molecule has 1 aliphatic heterocycles. The van der Waals surface area contributed by atoms with Crippen LogP contribution in [0, 0.1) is 0 Å². The van der Waals surface area contributed by atoms with Crippen LogP contribution in [0.15, 0.2) is 21.5 Å². The van der Waals surface area contributed by atoms with Gasteiger partial charge in [0.15, 0.2) is 0 Å². The van der Waals surface area contributed by atoms with E-state index in [0.29, 0.717) is 4.47 Å². The third-order valence-corrected chi connectivity index (χ3v) is 5.69. The summed E-state index contributed by atoms with van der Waals surface area (Å²) in [7, 11) is 3.22. The lowest BCUT2D eigenvalue weighted by molar-refractivity contribution is -0.177. The van der Waals surface area contributed by atoms with E-state index in [-0.39, 0.29) is 23.5 Å². The number of carbonyl (C=O) groups is 3. The Morgan fingerprint density at radius 2 is 1.77 bits per heavy atom. The Labute approximate surface area is 162 Å². The van der Waals surface area contributed by atoms with Crippen LogP contribution in [-0.4, -0.2) is 46.0 Å². The van der Waals surface area contributed by atoms with Gasteiger partial charge < -0.3 is 19.0 Å². The van der Waals surface area contributed by atoms with Gasteiger partial charge in [0, 0.05) is 27.1 Å². The first-order chi connectivity index (χ1) is 12.0. The van der Waals surface area contributed by atoms with Crippen LogP contribution in [0.2, 0.25) is 0 Å². The van der Waals surface area contributed by atoms with Gasteiger partial charge in [-0.25, -0.2) is 18.0 Å². The maximum atomic E-state index is 12.5. The fraction of sp³-hybridized carbons (Fsp3) is 0.400. The van der Waals surface area contributed by atoms with Gasteiger partial charge in [-0.05, 0) is 19.1 Å². The van der Waals surface area contributed by atoms with Crippen LogP contribution in [0.4, 0.5) is 0 Å². The molecule has 0 N–H and O–H groups in total. The molecule has 0 saturated heterocycles. The summed E-state index contributed by atoms with van der Waals surface area (Å²) in [6, 6.07) is 2.61. The van der Waals surface area contributed by atoms with E-state index in [1.165, 1.54) is 13.0 Å². The summed E-state index contributed by atoms with van der Waals surface area (Å²) in [5, 5.41) is 0. The van der Waals surface area contributed by atoms with Crippen LogP contribution in [0.1, 0.15) is 24.8 Å². The molecule has 1 aliphatic rings. The summed E-state index contributed by atoms with van der Waals surface area (Å²) in [6.07, 6.45) is -0.296. The van der Waals surface area contributed by atoms with E-state index in [2.05, 4.69) is 25.4 Å². The second-order valence-corrected chi connectivity index (χ2v) is 8.99. The van der Waals surface area contributed by atoms with Crippen molar-refractivity contribution in [3.05, 3.63) is 22.2 Å². The SMILES string of the molecule is COC(=O)C1(C(=O)OC)Oc2c(cc(Br)cc2S(=O)(=O)Cl)C1CC(C)=O. The van der Waals surface area contributed by atoms with Gasteiger partial charge >= 0.3 is 17.5 Å². The third kappa shape index (κ3) is 3.33. The highest BCUT2D eigenvalue weighted by molar-refractivity contribution is 9.10. The summed E-state index contributed by atoms with van der Waals surface area (Å²) in [4.78, 5) is 36.3. The zero-order valence-corrected chi connectivity index (χ0v) is 17.0. The average Bonchev–Trinajstić information content (AvgIpc) is 2.86. The van der Waals surface area contributed by atoms with Crippen molar-refractivity contribution in [2.75, 3.05) is 14.2 Å². The van der Waals surface area contributed by atoms with Gasteiger partial charge in [-0.2, -0.15) is 0 Å². The van der Waals surface area contributed by atoms with E-state index >= 15 is 0 Å². The van der Waals surface area contributed by atoms with Crippen molar-refractivity contribution >= 4 is 53.4 Å². The van der Waals surface area contributed by atoms with Crippen LogP contribution >= 0.6 is 26.6 Å². The first kappa shape index (κ1) is 20.7. The number of rotatable bonds is 5. The number of ether oxygens (including phenoxy) is 3. The Kier molecular flexibility index (Phi) is 5.69. The molecule has 8 nitrogen and oxygen atoms in total. The van der Waals surface area contributed by atoms with Crippen LogP contribution in [0.25, 0.3) is 0 Å². The number of Topliss-reactive ketones (excluding diaryl/α,β-unsaturated/α-hetero) is 1. The molecule has 0 saturated carbocycles. The molecular formula is C15H14BrClO8S. The van der Waals surface area contributed by atoms with Gasteiger partial charge in [-0.3, -0.25) is 0 Å². The Morgan fingerprint density at radius 1 is 1.23 bits per heavy atom. The number of ketones is 1. The molecule has 1 aromatic carbocycles. The maximum Gasteiger partial charge on any atom is 0.362 e. The highest BCUT2D eigenvalue weighted by atomic mass is 79.9. The number of fused-ring (bicyclic) bond motifs is 1. The van der Waals surface area contributed by atoms with E-state index in [4.69, 9.17) is 15.4 Å². The fourth-order valence-electron chi connectivity index (χ4n) is 2.88. The minimum atomic E-state index is -4.29. The van der Waals surface area contributed by atoms with E-state index in [0.717, 1.165) is 20.3 Å². The second kappa shape index (κ2) is 7.16. The van der Waals surface area contributed by atoms with E-state index in [1.807, 2.05) is 0 Å². The highest BCUT2D eigenvalue weighted by Crippen LogP contribution is 2.52. The standard InChI is InChI=1S/C15H14BrClO8S/c1-7(18)4-10-9-5-8(16)6-11(26(17,21)22)12(9)25-15(10,13(19)23-2)14(20)24-3/h5-6,10H,4H2,1-3H3. The van der Waals surface area contributed by atoms with Crippen molar-refractivity contribution in [3.8, 4) is 5.75 Å². The van der Waals surface area contributed by atoms with Crippen molar-refractivity contribution in [2.24, 2.45) is 0 Å². The molecule has 11 heteroatoms. The monoisotopic (exact) mass is 468 g/mol. The quantitative estimate of drug-likeness (QED) is 0.365. The smallest absolute Gasteiger partial charge is 0.362 e. The van der Waals surface area contributed by atoms with Crippen LogP contribution in [0.5, 0.6) is 5.75 Å². The summed E-state index contributed by atoms with van der Waals surface area (Å²) in [5.74, 6) is -4.07. The minimum absolute atomic E-state index is 0.143. The molecule has 142 valence electrons. The number of benzene rings is 1. The molecule has 0 fully saturated rings. The number of hydrogen-bond acceptors (Lipinski definition) is 8. The highest BCUT2D eigenvalue weighted by Gasteiger charge is 2.63. The van der Waals surface area contributed by atoms with Crippen LogP contribution in [0.3, 0.4) is 0 Å². The molecule has 0 aliphatic carbocycles. The van der Waals surface area contributed by atoms with Crippen molar-refractivity contribution < 1.29 is 37.0 Å². The predicted molar refractivity (Wildman–Crippen MR) is 92.6 cm³/mol. The molecule has 1 aromatic rings. The molecule has 1 unspecified atom stereocenters. The lowest BCUT2D eigenvalue weighted by Gasteiger charge is -2.28.